The van der Waals surface area contributed by atoms with Crippen LogP contribution in [-0.2, 0) is 11.3 Å². The highest BCUT2D eigenvalue weighted by Gasteiger charge is 2.12. The second kappa shape index (κ2) is 6.31. The van der Waals surface area contributed by atoms with Crippen molar-refractivity contribution in [3.05, 3.63) is 59.2 Å². The summed E-state index contributed by atoms with van der Waals surface area (Å²) >= 11 is 0. The van der Waals surface area contributed by atoms with Crippen LogP contribution in [0.1, 0.15) is 21.5 Å². The molecule has 2 rings (SSSR count). The van der Waals surface area contributed by atoms with Crippen LogP contribution < -0.4 is 10.6 Å². The Hall–Kier alpha value is -2.49. The molecule has 0 heterocycles. The number of aryl methyl sites for hydroxylation is 1. The zero-order valence-electron chi connectivity index (χ0n) is 12.6. The molecule has 0 bridgehead atoms. The lowest BCUT2D eigenvalue weighted by Gasteiger charge is -2.22. The minimum Gasteiger partial charge on any atom is -0.465 e. The van der Waals surface area contributed by atoms with Gasteiger partial charge in [0.2, 0.25) is 0 Å². The van der Waals surface area contributed by atoms with Gasteiger partial charge in [-0.15, -0.1) is 0 Å². The van der Waals surface area contributed by atoms with E-state index in [9.17, 15) is 4.79 Å². The van der Waals surface area contributed by atoms with Gasteiger partial charge in [0.25, 0.3) is 0 Å². The van der Waals surface area contributed by atoms with E-state index in [1.807, 2.05) is 24.1 Å². The SMILES string of the molecule is COC(=O)c1ccc(N)c(N(C)Cc2ccccc2C)c1. The highest BCUT2D eigenvalue weighted by Crippen LogP contribution is 2.26. The molecule has 0 aliphatic heterocycles. The fraction of sp³-hybridized carbons (Fsp3) is 0.235. The summed E-state index contributed by atoms with van der Waals surface area (Å²) in [5, 5.41) is 0. The van der Waals surface area contributed by atoms with Crippen LogP contribution in [-0.4, -0.2) is 20.1 Å². The smallest absolute Gasteiger partial charge is 0.337 e. The first-order valence-electron chi connectivity index (χ1n) is 6.76. The Labute approximate surface area is 125 Å². The summed E-state index contributed by atoms with van der Waals surface area (Å²) in [6.07, 6.45) is 0. The first kappa shape index (κ1) is 14.9. The van der Waals surface area contributed by atoms with Gasteiger partial charge >= 0.3 is 5.97 Å². The van der Waals surface area contributed by atoms with Crippen molar-refractivity contribution in [2.75, 3.05) is 24.8 Å². The molecule has 4 heteroatoms. The highest BCUT2D eigenvalue weighted by atomic mass is 16.5. The fourth-order valence-electron chi connectivity index (χ4n) is 2.25. The fourth-order valence-corrected chi connectivity index (χ4v) is 2.25. The molecule has 0 fully saturated rings. The van der Waals surface area contributed by atoms with Gasteiger partial charge in [-0.2, -0.15) is 0 Å². The van der Waals surface area contributed by atoms with E-state index in [0.29, 0.717) is 11.3 Å². The molecule has 0 atom stereocenters. The second-order valence-electron chi connectivity index (χ2n) is 5.05. The van der Waals surface area contributed by atoms with Gasteiger partial charge in [0.15, 0.2) is 0 Å². The summed E-state index contributed by atoms with van der Waals surface area (Å²) < 4.78 is 4.75. The number of esters is 1. The first-order chi connectivity index (χ1) is 10.0. The van der Waals surface area contributed by atoms with Gasteiger partial charge in [0.05, 0.1) is 24.0 Å². The first-order valence-corrected chi connectivity index (χ1v) is 6.76. The van der Waals surface area contributed by atoms with Crippen LogP contribution in [0.2, 0.25) is 0 Å². The zero-order chi connectivity index (χ0) is 15.4. The van der Waals surface area contributed by atoms with Crippen LogP contribution >= 0.6 is 0 Å². The Morgan fingerprint density at radius 1 is 1.24 bits per heavy atom. The molecule has 2 aromatic rings. The number of hydrogen-bond acceptors (Lipinski definition) is 4. The summed E-state index contributed by atoms with van der Waals surface area (Å²) in [6, 6.07) is 13.4. The number of carbonyl (C=O) groups excluding carboxylic acids is 1. The van der Waals surface area contributed by atoms with Crippen molar-refractivity contribution < 1.29 is 9.53 Å². The van der Waals surface area contributed by atoms with Crippen LogP contribution in [0.4, 0.5) is 11.4 Å². The van der Waals surface area contributed by atoms with E-state index in [1.54, 1.807) is 18.2 Å². The Morgan fingerprint density at radius 2 is 1.95 bits per heavy atom. The minimum absolute atomic E-state index is 0.361. The van der Waals surface area contributed by atoms with Crippen molar-refractivity contribution in [3.63, 3.8) is 0 Å². The van der Waals surface area contributed by atoms with E-state index in [1.165, 1.54) is 18.2 Å². The monoisotopic (exact) mass is 284 g/mol. The van der Waals surface area contributed by atoms with Crippen LogP contribution in [0, 0.1) is 6.92 Å². The number of carbonyl (C=O) groups is 1. The molecule has 4 nitrogen and oxygen atoms in total. The second-order valence-corrected chi connectivity index (χ2v) is 5.05. The molecule has 0 saturated heterocycles. The standard InChI is InChI=1S/C17H20N2O2/c1-12-6-4-5-7-14(12)11-19(2)16-10-13(17(20)21-3)8-9-15(16)18/h4-10H,11,18H2,1-3H3. The molecule has 2 aromatic carbocycles. The third-order valence-corrected chi connectivity index (χ3v) is 3.53. The summed E-state index contributed by atoms with van der Waals surface area (Å²) in [5.41, 5.74) is 10.4. The Morgan fingerprint density at radius 3 is 2.62 bits per heavy atom. The van der Waals surface area contributed by atoms with E-state index in [0.717, 1.165) is 12.2 Å². The number of benzene rings is 2. The lowest BCUT2D eigenvalue weighted by Crippen LogP contribution is -2.19. The van der Waals surface area contributed by atoms with Crippen molar-refractivity contribution in [2.45, 2.75) is 13.5 Å². The number of nitrogen functional groups attached to an aromatic ring is 1. The van der Waals surface area contributed by atoms with Crippen molar-refractivity contribution in [1.82, 2.24) is 0 Å². The van der Waals surface area contributed by atoms with Crippen LogP contribution in [0.15, 0.2) is 42.5 Å². The average molecular weight is 284 g/mol. The number of anilines is 2. The van der Waals surface area contributed by atoms with E-state index in [4.69, 9.17) is 10.5 Å². The van der Waals surface area contributed by atoms with Crippen LogP contribution in [0.3, 0.4) is 0 Å². The number of hydrogen-bond donors (Lipinski definition) is 1. The van der Waals surface area contributed by atoms with Crippen LogP contribution in [0.5, 0.6) is 0 Å². The topological polar surface area (TPSA) is 55.6 Å². The Kier molecular flexibility index (Phi) is 4.48. The van der Waals surface area contributed by atoms with E-state index < -0.39 is 0 Å². The molecular formula is C17H20N2O2. The number of nitrogens with two attached hydrogens (primary N) is 1. The quantitative estimate of drug-likeness (QED) is 0.692. The molecule has 0 aliphatic carbocycles. The molecule has 2 N–H and O–H groups in total. The van der Waals surface area contributed by atoms with Gasteiger partial charge in [0.1, 0.15) is 0 Å². The minimum atomic E-state index is -0.361. The Balaban J connectivity index is 2.28. The molecule has 0 unspecified atom stereocenters. The summed E-state index contributed by atoms with van der Waals surface area (Å²) in [6.45, 7) is 2.80. The lowest BCUT2D eigenvalue weighted by atomic mass is 10.1. The molecule has 0 radical (unpaired) electrons. The molecule has 0 aromatic heterocycles. The zero-order valence-corrected chi connectivity index (χ0v) is 12.6. The number of nitrogens with zero attached hydrogens (tertiary/aromatic N) is 1. The van der Waals surface area contributed by atoms with Crippen LogP contribution in [0.25, 0.3) is 0 Å². The summed E-state index contributed by atoms with van der Waals surface area (Å²) in [4.78, 5) is 13.7. The van der Waals surface area contributed by atoms with E-state index in [2.05, 4.69) is 19.1 Å². The largest absolute Gasteiger partial charge is 0.465 e. The van der Waals surface area contributed by atoms with Gasteiger partial charge in [-0.05, 0) is 36.2 Å². The third-order valence-electron chi connectivity index (χ3n) is 3.53. The number of methoxy groups -OCH3 is 1. The van der Waals surface area contributed by atoms with Gasteiger partial charge in [0, 0.05) is 13.6 Å². The van der Waals surface area contributed by atoms with Gasteiger partial charge in [-0.3, -0.25) is 0 Å². The highest BCUT2D eigenvalue weighted by molar-refractivity contribution is 5.92. The van der Waals surface area contributed by atoms with Gasteiger partial charge < -0.3 is 15.4 Å². The molecule has 0 spiro atoms. The average Bonchev–Trinajstić information content (AvgIpc) is 2.49. The number of ether oxygens (including phenoxy) is 1. The maximum absolute atomic E-state index is 11.6. The Bertz CT molecular complexity index is 653. The predicted molar refractivity (Wildman–Crippen MR) is 85.5 cm³/mol. The number of rotatable bonds is 4. The third kappa shape index (κ3) is 3.34. The lowest BCUT2D eigenvalue weighted by molar-refractivity contribution is 0.0601. The van der Waals surface area contributed by atoms with Gasteiger partial charge in [-0.1, -0.05) is 24.3 Å². The normalized spacial score (nSPS) is 10.2. The summed E-state index contributed by atoms with van der Waals surface area (Å²) in [5.74, 6) is -0.361. The molecule has 0 saturated carbocycles. The maximum Gasteiger partial charge on any atom is 0.337 e. The molecular weight excluding hydrogens is 264 g/mol. The van der Waals surface area contributed by atoms with Crippen molar-refractivity contribution in [1.29, 1.82) is 0 Å². The summed E-state index contributed by atoms with van der Waals surface area (Å²) in [7, 11) is 3.33. The van der Waals surface area contributed by atoms with Crippen molar-refractivity contribution in [2.24, 2.45) is 0 Å². The molecule has 0 amide bonds. The molecule has 21 heavy (non-hydrogen) atoms. The molecule has 110 valence electrons. The van der Waals surface area contributed by atoms with Crippen molar-refractivity contribution in [3.8, 4) is 0 Å². The predicted octanol–water partition coefficient (Wildman–Crippen LogP) is 3.00. The van der Waals surface area contributed by atoms with Gasteiger partial charge in [-0.25, -0.2) is 4.79 Å². The maximum atomic E-state index is 11.6. The van der Waals surface area contributed by atoms with E-state index >= 15 is 0 Å². The molecule has 0 aliphatic rings. The van der Waals surface area contributed by atoms with E-state index in [-0.39, 0.29) is 5.97 Å². The van der Waals surface area contributed by atoms with Crippen molar-refractivity contribution >= 4 is 17.3 Å².